The van der Waals surface area contributed by atoms with E-state index in [9.17, 15) is 0 Å². The van der Waals surface area contributed by atoms with Gasteiger partial charge in [0.2, 0.25) is 0 Å². The van der Waals surface area contributed by atoms with Gasteiger partial charge in [-0.05, 0) is 26.0 Å². The topological polar surface area (TPSA) is 57.9 Å². The Balaban J connectivity index is 2.85. The van der Waals surface area contributed by atoms with Crippen LogP contribution in [0.15, 0.2) is 18.3 Å². The number of nitriles is 1. The van der Waals surface area contributed by atoms with E-state index in [0.717, 1.165) is 0 Å². The van der Waals surface area contributed by atoms with Crippen LogP contribution in [-0.4, -0.2) is 24.2 Å². The lowest BCUT2D eigenvalue weighted by Gasteiger charge is -2.26. The summed E-state index contributed by atoms with van der Waals surface area (Å²) in [6, 6.07) is 5.57. The SMILES string of the molecule is COCC(C)(C)Nc1ncccc1C#N. The number of hydrogen-bond donors (Lipinski definition) is 1. The maximum Gasteiger partial charge on any atom is 0.144 e. The lowest BCUT2D eigenvalue weighted by Crippen LogP contribution is -2.36. The number of methoxy groups -OCH3 is 1. The average molecular weight is 205 g/mol. The predicted octanol–water partition coefficient (Wildman–Crippen LogP) is 1.79. The monoisotopic (exact) mass is 205 g/mol. The van der Waals surface area contributed by atoms with Crippen LogP contribution in [-0.2, 0) is 4.74 Å². The van der Waals surface area contributed by atoms with E-state index in [2.05, 4.69) is 16.4 Å². The quantitative estimate of drug-likeness (QED) is 0.814. The Kier molecular flexibility index (Phi) is 3.64. The van der Waals surface area contributed by atoms with Crippen molar-refractivity contribution in [2.45, 2.75) is 19.4 Å². The lowest BCUT2D eigenvalue weighted by molar-refractivity contribution is 0.158. The van der Waals surface area contributed by atoms with Crippen LogP contribution in [0.2, 0.25) is 0 Å². The molecule has 1 aromatic heterocycles. The molecule has 4 nitrogen and oxygen atoms in total. The first-order valence-electron chi connectivity index (χ1n) is 4.71. The summed E-state index contributed by atoms with van der Waals surface area (Å²) >= 11 is 0. The molecule has 0 saturated heterocycles. The van der Waals surface area contributed by atoms with E-state index < -0.39 is 0 Å². The second-order valence-corrected chi connectivity index (χ2v) is 3.95. The molecule has 1 N–H and O–H groups in total. The number of rotatable bonds is 4. The van der Waals surface area contributed by atoms with Gasteiger partial charge < -0.3 is 10.1 Å². The number of anilines is 1. The minimum Gasteiger partial charge on any atom is -0.382 e. The van der Waals surface area contributed by atoms with Gasteiger partial charge in [0.25, 0.3) is 0 Å². The largest absolute Gasteiger partial charge is 0.382 e. The van der Waals surface area contributed by atoms with Crippen LogP contribution in [0, 0.1) is 11.3 Å². The average Bonchev–Trinajstić information content (AvgIpc) is 2.17. The van der Waals surface area contributed by atoms with Crippen LogP contribution in [0.3, 0.4) is 0 Å². The van der Waals surface area contributed by atoms with E-state index in [1.807, 2.05) is 13.8 Å². The zero-order chi connectivity index (χ0) is 11.3. The van der Waals surface area contributed by atoms with Crippen LogP contribution < -0.4 is 5.32 Å². The Morgan fingerprint density at radius 3 is 2.93 bits per heavy atom. The van der Waals surface area contributed by atoms with Crippen LogP contribution in [0.1, 0.15) is 19.4 Å². The molecule has 1 rings (SSSR count). The Bertz CT molecular complexity index is 368. The Morgan fingerprint density at radius 1 is 1.60 bits per heavy atom. The van der Waals surface area contributed by atoms with Gasteiger partial charge in [0.1, 0.15) is 11.9 Å². The third-order valence-corrected chi connectivity index (χ3v) is 1.89. The summed E-state index contributed by atoms with van der Waals surface area (Å²) in [5.74, 6) is 0.599. The van der Waals surface area contributed by atoms with Crippen molar-refractivity contribution in [2.24, 2.45) is 0 Å². The second kappa shape index (κ2) is 4.76. The molecular formula is C11H15N3O. The fourth-order valence-electron chi connectivity index (χ4n) is 1.31. The first-order valence-corrected chi connectivity index (χ1v) is 4.71. The molecule has 1 heterocycles. The highest BCUT2D eigenvalue weighted by atomic mass is 16.5. The van der Waals surface area contributed by atoms with Gasteiger partial charge in [-0.3, -0.25) is 0 Å². The number of aromatic nitrogens is 1. The highest BCUT2D eigenvalue weighted by Crippen LogP contribution is 2.16. The molecule has 0 unspecified atom stereocenters. The number of nitrogens with zero attached hydrogens (tertiary/aromatic N) is 2. The molecule has 0 amide bonds. The van der Waals surface area contributed by atoms with Crippen molar-refractivity contribution in [2.75, 3.05) is 19.0 Å². The summed E-state index contributed by atoms with van der Waals surface area (Å²) in [7, 11) is 1.65. The lowest BCUT2D eigenvalue weighted by atomic mass is 10.1. The summed E-state index contributed by atoms with van der Waals surface area (Å²) in [6.07, 6.45) is 1.66. The minimum atomic E-state index is -0.241. The standard InChI is InChI=1S/C11H15N3O/c1-11(2,8-15-3)14-10-9(7-12)5-4-6-13-10/h4-6H,8H2,1-3H3,(H,13,14). The normalized spacial score (nSPS) is 10.8. The van der Waals surface area contributed by atoms with E-state index in [4.69, 9.17) is 10.00 Å². The van der Waals surface area contributed by atoms with E-state index in [0.29, 0.717) is 18.0 Å². The van der Waals surface area contributed by atoms with Crippen molar-refractivity contribution in [1.82, 2.24) is 4.98 Å². The van der Waals surface area contributed by atoms with Gasteiger partial charge in [-0.25, -0.2) is 4.98 Å². The maximum absolute atomic E-state index is 8.88. The van der Waals surface area contributed by atoms with Gasteiger partial charge in [0.05, 0.1) is 17.7 Å². The van der Waals surface area contributed by atoms with Gasteiger partial charge in [0.15, 0.2) is 0 Å². The number of ether oxygens (including phenoxy) is 1. The molecule has 0 aliphatic carbocycles. The molecule has 0 atom stereocenters. The van der Waals surface area contributed by atoms with Crippen molar-refractivity contribution < 1.29 is 4.74 Å². The highest BCUT2D eigenvalue weighted by molar-refractivity contribution is 5.52. The minimum absolute atomic E-state index is 0.241. The van der Waals surface area contributed by atoms with Crippen molar-refractivity contribution in [3.63, 3.8) is 0 Å². The van der Waals surface area contributed by atoms with E-state index >= 15 is 0 Å². The van der Waals surface area contributed by atoms with Crippen LogP contribution in [0.25, 0.3) is 0 Å². The van der Waals surface area contributed by atoms with Gasteiger partial charge in [-0.1, -0.05) is 0 Å². The van der Waals surface area contributed by atoms with Crippen molar-refractivity contribution in [1.29, 1.82) is 5.26 Å². The van der Waals surface area contributed by atoms with Crippen LogP contribution in [0.4, 0.5) is 5.82 Å². The first-order chi connectivity index (χ1) is 7.09. The third kappa shape index (κ3) is 3.22. The van der Waals surface area contributed by atoms with E-state index in [1.165, 1.54) is 0 Å². The van der Waals surface area contributed by atoms with Crippen molar-refractivity contribution in [3.8, 4) is 6.07 Å². The molecule has 4 heteroatoms. The molecule has 80 valence electrons. The summed E-state index contributed by atoms with van der Waals surface area (Å²) in [5, 5.41) is 12.1. The van der Waals surface area contributed by atoms with Crippen molar-refractivity contribution >= 4 is 5.82 Å². The maximum atomic E-state index is 8.88. The van der Waals surface area contributed by atoms with Crippen LogP contribution >= 0.6 is 0 Å². The molecule has 0 aromatic carbocycles. The molecule has 1 aromatic rings. The fraction of sp³-hybridized carbons (Fsp3) is 0.455. The molecule has 0 saturated carbocycles. The summed E-state index contributed by atoms with van der Waals surface area (Å²) < 4.78 is 5.08. The van der Waals surface area contributed by atoms with E-state index in [-0.39, 0.29) is 5.54 Å². The number of hydrogen-bond acceptors (Lipinski definition) is 4. The second-order valence-electron chi connectivity index (χ2n) is 3.95. The highest BCUT2D eigenvalue weighted by Gasteiger charge is 2.18. The molecule has 0 aliphatic rings. The fourth-order valence-corrected chi connectivity index (χ4v) is 1.31. The number of pyridine rings is 1. The summed E-state index contributed by atoms with van der Waals surface area (Å²) in [6.45, 7) is 4.53. The third-order valence-electron chi connectivity index (χ3n) is 1.89. The van der Waals surface area contributed by atoms with Gasteiger partial charge in [0, 0.05) is 13.3 Å². The molecular weight excluding hydrogens is 190 g/mol. The molecule has 0 spiro atoms. The molecule has 0 fully saturated rings. The molecule has 0 bridgehead atoms. The van der Waals surface area contributed by atoms with Gasteiger partial charge in [-0.2, -0.15) is 5.26 Å². The predicted molar refractivity (Wildman–Crippen MR) is 58.5 cm³/mol. The Labute approximate surface area is 89.9 Å². The van der Waals surface area contributed by atoms with Gasteiger partial charge in [-0.15, -0.1) is 0 Å². The summed E-state index contributed by atoms with van der Waals surface area (Å²) in [4.78, 5) is 4.13. The van der Waals surface area contributed by atoms with Gasteiger partial charge >= 0.3 is 0 Å². The van der Waals surface area contributed by atoms with Crippen molar-refractivity contribution in [3.05, 3.63) is 23.9 Å². The van der Waals surface area contributed by atoms with E-state index in [1.54, 1.807) is 25.4 Å². The summed E-state index contributed by atoms with van der Waals surface area (Å²) in [5.41, 5.74) is 0.302. The molecule has 15 heavy (non-hydrogen) atoms. The Morgan fingerprint density at radius 2 is 2.33 bits per heavy atom. The smallest absolute Gasteiger partial charge is 0.144 e. The zero-order valence-electron chi connectivity index (χ0n) is 9.24. The Hall–Kier alpha value is -1.60. The molecule has 0 radical (unpaired) electrons. The zero-order valence-corrected chi connectivity index (χ0v) is 9.24. The first kappa shape index (κ1) is 11.5. The van der Waals surface area contributed by atoms with Crippen LogP contribution in [0.5, 0.6) is 0 Å². The number of nitrogens with one attached hydrogen (secondary N) is 1. The molecule has 0 aliphatic heterocycles.